The summed E-state index contributed by atoms with van der Waals surface area (Å²) in [6.45, 7) is 3.21. The highest BCUT2D eigenvalue weighted by Gasteiger charge is 2.30. The first-order valence-electron chi connectivity index (χ1n) is 11.9. The van der Waals surface area contributed by atoms with Gasteiger partial charge >= 0.3 is 12.0 Å². The van der Waals surface area contributed by atoms with E-state index in [0.29, 0.717) is 17.8 Å². The molecular weight excluding hydrogens is 522 g/mol. The zero-order valence-corrected chi connectivity index (χ0v) is 22.0. The maximum absolute atomic E-state index is 12.8. The van der Waals surface area contributed by atoms with Gasteiger partial charge in [-0.05, 0) is 61.2 Å². The lowest BCUT2D eigenvalue weighted by Crippen LogP contribution is -2.42. The Morgan fingerprint density at radius 3 is 2.41 bits per heavy atom. The molecule has 0 aliphatic rings. The number of carboxylic acids is 1. The molecule has 0 saturated carbocycles. The Labute approximate surface area is 225 Å². The lowest BCUT2D eigenvalue weighted by atomic mass is 10.0. The van der Waals surface area contributed by atoms with E-state index in [1.54, 1.807) is 42.6 Å². The minimum Gasteiger partial charge on any atom is -0.480 e. The monoisotopic (exact) mass is 549 g/mol. The van der Waals surface area contributed by atoms with Crippen LogP contribution < -0.4 is 15.4 Å². The van der Waals surface area contributed by atoms with Crippen molar-refractivity contribution in [1.29, 1.82) is 0 Å². The number of carbonyl (C=O) groups excluding carboxylic acids is 1. The van der Waals surface area contributed by atoms with Crippen LogP contribution in [0.25, 0.3) is 11.1 Å². The van der Waals surface area contributed by atoms with Crippen LogP contribution in [0.1, 0.15) is 22.7 Å². The van der Waals surface area contributed by atoms with Gasteiger partial charge in [-0.2, -0.15) is 4.72 Å². The molecule has 0 aliphatic carbocycles. The van der Waals surface area contributed by atoms with E-state index in [1.165, 1.54) is 13.8 Å². The second-order valence-electron chi connectivity index (χ2n) is 8.78. The number of carbonyl (C=O) groups is 2. The van der Waals surface area contributed by atoms with Crippen molar-refractivity contribution in [1.82, 2.24) is 20.2 Å². The highest BCUT2D eigenvalue weighted by Crippen LogP contribution is 2.24. The third-order valence-electron chi connectivity index (χ3n) is 5.84. The molecule has 2 heterocycles. The molecular formula is C27H27N5O6S. The van der Waals surface area contributed by atoms with E-state index in [2.05, 4.69) is 25.5 Å². The molecule has 11 nitrogen and oxygen atoms in total. The molecule has 0 spiro atoms. The second kappa shape index (κ2) is 11.9. The standard InChI is InChI=1S/C27H27N5O6S/c1-17-25(18(2)38-31-17)39(36,37)32-24(26(33)34)14-19-9-11-20(12-10-19)21-6-5-8-22(15-21)30-27(35)29-16-23-7-3-4-13-28-23/h3-13,15,24,32H,14,16H2,1-2H3,(H,33,34)(H2,29,30,35)/t24-/m0/s1. The average Bonchev–Trinajstić information content (AvgIpc) is 3.26. The Balaban J connectivity index is 1.41. The zero-order chi connectivity index (χ0) is 28.0. The van der Waals surface area contributed by atoms with Gasteiger partial charge < -0.3 is 20.3 Å². The predicted octanol–water partition coefficient (Wildman–Crippen LogP) is 3.65. The normalized spacial score (nSPS) is 12.1. The van der Waals surface area contributed by atoms with Crippen LogP contribution >= 0.6 is 0 Å². The topological polar surface area (TPSA) is 164 Å². The number of nitrogens with zero attached hydrogens (tertiary/aromatic N) is 2. The molecule has 2 aromatic heterocycles. The number of aliphatic carboxylic acids is 1. The summed E-state index contributed by atoms with van der Waals surface area (Å²) in [5.74, 6) is -1.23. The van der Waals surface area contributed by atoms with Crippen molar-refractivity contribution in [3.05, 3.63) is 95.6 Å². The summed E-state index contributed by atoms with van der Waals surface area (Å²) in [6, 6.07) is 18.0. The maximum Gasteiger partial charge on any atom is 0.322 e. The highest BCUT2D eigenvalue weighted by molar-refractivity contribution is 7.89. The first-order chi connectivity index (χ1) is 18.6. The molecule has 39 heavy (non-hydrogen) atoms. The third kappa shape index (κ3) is 7.06. The van der Waals surface area contributed by atoms with Crippen molar-refractivity contribution >= 4 is 27.7 Å². The molecule has 0 bridgehead atoms. The fourth-order valence-corrected chi connectivity index (χ4v) is 5.50. The lowest BCUT2D eigenvalue weighted by molar-refractivity contribution is -0.138. The largest absolute Gasteiger partial charge is 0.480 e. The van der Waals surface area contributed by atoms with E-state index in [0.717, 1.165) is 16.8 Å². The van der Waals surface area contributed by atoms with Gasteiger partial charge in [0.2, 0.25) is 10.0 Å². The van der Waals surface area contributed by atoms with E-state index in [-0.39, 0.29) is 28.8 Å². The van der Waals surface area contributed by atoms with E-state index in [1.807, 2.05) is 30.3 Å². The van der Waals surface area contributed by atoms with Crippen molar-refractivity contribution in [2.24, 2.45) is 0 Å². The summed E-state index contributed by atoms with van der Waals surface area (Å²) < 4.78 is 32.7. The van der Waals surface area contributed by atoms with Gasteiger partial charge in [0.1, 0.15) is 16.6 Å². The number of pyridine rings is 1. The van der Waals surface area contributed by atoms with E-state index >= 15 is 0 Å². The van der Waals surface area contributed by atoms with E-state index in [9.17, 15) is 23.1 Å². The highest BCUT2D eigenvalue weighted by atomic mass is 32.2. The number of anilines is 1. The van der Waals surface area contributed by atoms with Gasteiger partial charge in [0.05, 0.1) is 12.2 Å². The fraction of sp³-hybridized carbons (Fsp3) is 0.185. The number of aromatic nitrogens is 2. The van der Waals surface area contributed by atoms with Crippen LogP contribution in [0.15, 0.2) is 82.3 Å². The van der Waals surface area contributed by atoms with Crippen molar-refractivity contribution in [3.63, 3.8) is 0 Å². The third-order valence-corrected chi connectivity index (χ3v) is 7.55. The lowest BCUT2D eigenvalue weighted by Gasteiger charge is -2.15. The molecule has 0 fully saturated rings. The fourth-order valence-electron chi connectivity index (χ4n) is 3.98. The maximum atomic E-state index is 12.8. The van der Waals surface area contributed by atoms with Crippen LogP contribution in [0.3, 0.4) is 0 Å². The van der Waals surface area contributed by atoms with Gasteiger partial charge in [-0.1, -0.05) is 47.6 Å². The number of nitrogens with one attached hydrogen (secondary N) is 3. The number of urea groups is 1. The summed E-state index contributed by atoms with van der Waals surface area (Å²) in [6.07, 6.45) is 1.58. The van der Waals surface area contributed by atoms with E-state index in [4.69, 9.17) is 4.52 Å². The average molecular weight is 550 g/mol. The van der Waals surface area contributed by atoms with Crippen molar-refractivity contribution in [2.75, 3.05) is 5.32 Å². The number of benzene rings is 2. The molecule has 4 N–H and O–H groups in total. The minimum atomic E-state index is -4.16. The Morgan fingerprint density at radius 2 is 1.77 bits per heavy atom. The molecule has 12 heteroatoms. The molecule has 0 unspecified atom stereocenters. The zero-order valence-electron chi connectivity index (χ0n) is 21.2. The van der Waals surface area contributed by atoms with Crippen LogP contribution in [-0.4, -0.2) is 41.7 Å². The van der Waals surface area contributed by atoms with Crippen molar-refractivity contribution in [3.8, 4) is 11.1 Å². The smallest absolute Gasteiger partial charge is 0.322 e. The summed E-state index contributed by atoms with van der Waals surface area (Å²) in [5, 5.41) is 18.8. The summed E-state index contributed by atoms with van der Waals surface area (Å²) >= 11 is 0. The molecule has 4 aromatic rings. The summed E-state index contributed by atoms with van der Waals surface area (Å²) in [5.41, 5.74) is 3.77. The molecule has 2 aromatic carbocycles. The number of aryl methyl sites for hydroxylation is 2. The Kier molecular flexibility index (Phi) is 8.37. The number of sulfonamides is 1. The molecule has 2 amide bonds. The quantitative estimate of drug-likeness (QED) is 0.233. The first kappa shape index (κ1) is 27.5. The van der Waals surface area contributed by atoms with Gasteiger partial charge in [-0.15, -0.1) is 0 Å². The van der Waals surface area contributed by atoms with E-state index < -0.39 is 22.0 Å². The Morgan fingerprint density at radius 1 is 1.00 bits per heavy atom. The molecule has 4 rings (SSSR count). The Hall–Kier alpha value is -4.55. The van der Waals surface area contributed by atoms with Crippen LogP contribution in [0.5, 0.6) is 0 Å². The number of hydrogen-bond donors (Lipinski definition) is 4. The van der Waals surface area contributed by atoms with Gasteiger partial charge in [-0.3, -0.25) is 9.78 Å². The molecule has 0 aliphatic heterocycles. The van der Waals surface area contributed by atoms with Crippen molar-refractivity contribution in [2.45, 2.75) is 37.8 Å². The number of rotatable bonds is 10. The van der Waals surface area contributed by atoms with Gasteiger partial charge in [-0.25, -0.2) is 13.2 Å². The predicted molar refractivity (Wildman–Crippen MR) is 143 cm³/mol. The number of carboxylic acid groups (broad SMARTS) is 1. The second-order valence-corrected chi connectivity index (χ2v) is 10.4. The molecule has 0 saturated heterocycles. The number of hydrogen-bond acceptors (Lipinski definition) is 7. The molecule has 1 atom stereocenters. The summed E-state index contributed by atoms with van der Waals surface area (Å²) in [7, 11) is -4.16. The minimum absolute atomic E-state index is 0.0732. The van der Waals surface area contributed by atoms with Crippen molar-refractivity contribution < 1.29 is 27.6 Å². The van der Waals surface area contributed by atoms with Crippen LogP contribution in [0.2, 0.25) is 0 Å². The summed E-state index contributed by atoms with van der Waals surface area (Å²) in [4.78, 5) is 28.1. The number of amides is 2. The van der Waals surface area contributed by atoms with Gasteiger partial charge in [0.25, 0.3) is 0 Å². The van der Waals surface area contributed by atoms with Crippen LogP contribution in [0, 0.1) is 13.8 Å². The van der Waals surface area contributed by atoms with Gasteiger partial charge in [0, 0.05) is 11.9 Å². The molecule has 202 valence electrons. The SMILES string of the molecule is Cc1noc(C)c1S(=O)(=O)N[C@@H](Cc1ccc(-c2cccc(NC(=O)NCc3ccccn3)c2)cc1)C(=O)O. The van der Waals surface area contributed by atoms with Crippen LogP contribution in [-0.2, 0) is 27.8 Å². The Bertz CT molecular complexity index is 1550. The van der Waals surface area contributed by atoms with Gasteiger partial charge in [0.15, 0.2) is 5.76 Å². The molecule has 0 radical (unpaired) electrons. The van der Waals surface area contributed by atoms with Crippen LogP contribution in [0.4, 0.5) is 10.5 Å². The first-order valence-corrected chi connectivity index (χ1v) is 13.4.